The van der Waals surface area contributed by atoms with Crippen LogP contribution in [0.1, 0.15) is 22.7 Å². The summed E-state index contributed by atoms with van der Waals surface area (Å²) in [7, 11) is 0. The molecule has 4 heteroatoms. The lowest BCUT2D eigenvalue weighted by atomic mass is 9.99. The predicted octanol–water partition coefficient (Wildman–Crippen LogP) is 3.57. The van der Waals surface area contributed by atoms with Crippen LogP contribution >= 0.6 is 27.3 Å². The van der Waals surface area contributed by atoms with Crippen molar-refractivity contribution in [3.05, 3.63) is 56.2 Å². The normalized spacial score (nSPS) is 12.6. The van der Waals surface area contributed by atoms with Gasteiger partial charge in [0.15, 0.2) is 0 Å². The molecule has 0 amide bonds. The summed E-state index contributed by atoms with van der Waals surface area (Å²) in [5, 5.41) is 4.25. The summed E-state index contributed by atoms with van der Waals surface area (Å²) in [6, 6.07) is 8.53. The first kappa shape index (κ1) is 12.8. The number of nitrogens with one attached hydrogen (secondary N) is 1. The highest BCUT2D eigenvalue weighted by Crippen LogP contribution is 2.28. The van der Waals surface area contributed by atoms with Crippen LogP contribution < -0.4 is 11.3 Å². The van der Waals surface area contributed by atoms with Crippen molar-refractivity contribution >= 4 is 27.3 Å². The highest BCUT2D eigenvalue weighted by molar-refractivity contribution is 9.10. The maximum absolute atomic E-state index is 5.67. The van der Waals surface area contributed by atoms with Gasteiger partial charge in [-0.15, -0.1) is 0 Å². The predicted molar refractivity (Wildman–Crippen MR) is 77.0 cm³/mol. The second-order valence-electron chi connectivity index (χ2n) is 4.03. The molecule has 3 N–H and O–H groups in total. The molecule has 2 nitrogen and oxygen atoms in total. The van der Waals surface area contributed by atoms with Crippen molar-refractivity contribution in [2.24, 2.45) is 5.84 Å². The van der Waals surface area contributed by atoms with E-state index in [1.165, 1.54) is 16.7 Å². The van der Waals surface area contributed by atoms with Crippen molar-refractivity contribution in [1.29, 1.82) is 0 Å². The number of rotatable bonds is 4. The number of thiophene rings is 1. The Kier molecular flexibility index (Phi) is 4.34. The number of hydrogen-bond donors (Lipinski definition) is 2. The Morgan fingerprint density at radius 3 is 2.88 bits per heavy atom. The standard InChI is InChI=1S/C13H15BrN2S/c1-9-3-2-4-11(13(9)14)12(16-15)7-10-5-6-17-8-10/h2-6,8,12,16H,7,15H2,1H3. The number of aryl methyl sites for hydroxylation is 1. The number of benzene rings is 1. The van der Waals surface area contributed by atoms with E-state index in [4.69, 9.17) is 5.84 Å². The monoisotopic (exact) mass is 310 g/mol. The van der Waals surface area contributed by atoms with Gasteiger partial charge in [-0.3, -0.25) is 11.3 Å². The Morgan fingerprint density at radius 2 is 2.24 bits per heavy atom. The minimum absolute atomic E-state index is 0.138. The zero-order chi connectivity index (χ0) is 12.3. The highest BCUT2D eigenvalue weighted by Gasteiger charge is 2.14. The molecule has 90 valence electrons. The van der Waals surface area contributed by atoms with Crippen LogP contribution in [0.5, 0.6) is 0 Å². The van der Waals surface area contributed by atoms with Crippen molar-refractivity contribution in [3.8, 4) is 0 Å². The molecule has 2 rings (SSSR count). The minimum atomic E-state index is 0.138. The topological polar surface area (TPSA) is 38.0 Å². The van der Waals surface area contributed by atoms with Gasteiger partial charge >= 0.3 is 0 Å². The van der Waals surface area contributed by atoms with Gasteiger partial charge in [-0.1, -0.05) is 34.1 Å². The van der Waals surface area contributed by atoms with Crippen molar-refractivity contribution in [3.63, 3.8) is 0 Å². The van der Waals surface area contributed by atoms with Gasteiger partial charge in [0.05, 0.1) is 6.04 Å². The average molecular weight is 311 g/mol. The minimum Gasteiger partial charge on any atom is -0.271 e. The van der Waals surface area contributed by atoms with Crippen LogP contribution in [-0.4, -0.2) is 0 Å². The molecule has 0 aliphatic carbocycles. The molecule has 0 aliphatic rings. The molecule has 0 spiro atoms. The molecule has 17 heavy (non-hydrogen) atoms. The van der Waals surface area contributed by atoms with Gasteiger partial charge < -0.3 is 0 Å². The Bertz CT molecular complexity index is 482. The first-order chi connectivity index (χ1) is 8.22. The average Bonchev–Trinajstić information content (AvgIpc) is 2.83. The lowest BCUT2D eigenvalue weighted by molar-refractivity contribution is 0.550. The second kappa shape index (κ2) is 5.78. The molecule has 2 aromatic rings. The lowest BCUT2D eigenvalue weighted by Crippen LogP contribution is -2.29. The molecule has 1 aromatic carbocycles. The fourth-order valence-electron chi connectivity index (χ4n) is 1.84. The van der Waals surface area contributed by atoms with Gasteiger partial charge in [0.25, 0.3) is 0 Å². The van der Waals surface area contributed by atoms with Gasteiger partial charge in [0.2, 0.25) is 0 Å². The molecule has 0 radical (unpaired) electrons. The van der Waals surface area contributed by atoms with E-state index < -0.39 is 0 Å². The maximum atomic E-state index is 5.67. The van der Waals surface area contributed by atoms with Crippen molar-refractivity contribution < 1.29 is 0 Å². The molecular formula is C13H15BrN2S. The third kappa shape index (κ3) is 2.96. The van der Waals surface area contributed by atoms with E-state index >= 15 is 0 Å². The van der Waals surface area contributed by atoms with Crippen LogP contribution in [0.25, 0.3) is 0 Å². The van der Waals surface area contributed by atoms with E-state index in [-0.39, 0.29) is 6.04 Å². The van der Waals surface area contributed by atoms with Crippen LogP contribution in [0.3, 0.4) is 0 Å². The van der Waals surface area contributed by atoms with Gasteiger partial charge in [0.1, 0.15) is 0 Å². The largest absolute Gasteiger partial charge is 0.271 e. The zero-order valence-electron chi connectivity index (χ0n) is 9.61. The molecular weight excluding hydrogens is 296 g/mol. The Balaban J connectivity index is 2.26. The van der Waals surface area contributed by atoms with Crippen molar-refractivity contribution in [2.75, 3.05) is 0 Å². The summed E-state index contributed by atoms with van der Waals surface area (Å²) in [5.41, 5.74) is 6.65. The van der Waals surface area contributed by atoms with E-state index in [0.29, 0.717) is 0 Å². The Morgan fingerprint density at radius 1 is 1.41 bits per heavy atom. The van der Waals surface area contributed by atoms with E-state index in [0.717, 1.165) is 10.9 Å². The van der Waals surface area contributed by atoms with E-state index in [1.54, 1.807) is 11.3 Å². The third-order valence-corrected chi connectivity index (χ3v) is 4.63. The van der Waals surface area contributed by atoms with E-state index in [2.05, 4.69) is 63.3 Å². The summed E-state index contributed by atoms with van der Waals surface area (Å²) in [6.45, 7) is 2.09. The molecule has 1 aromatic heterocycles. The van der Waals surface area contributed by atoms with Crippen LogP contribution in [0.4, 0.5) is 0 Å². The van der Waals surface area contributed by atoms with Gasteiger partial charge in [-0.25, -0.2) is 0 Å². The van der Waals surface area contributed by atoms with Crippen LogP contribution in [-0.2, 0) is 6.42 Å². The fourth-order valence-corrected chi connectivity index (χ4v) is 3.06. The molecule has 0 aliphatic heterocycles. The first-order valence-electron chi connectivity index (χ1n) is 5.44. The van der Waals surface area contributed by atoms with Gasteiger partial charge in [-0.05, 0) is 46.9 Å². The Hall–Kier alpha value is -0.680. The second-order valence-corrected chi connectivity index (χ2v) is 5.61. The molecule has 1 atom stereocenters. The first-order valence-corrected chi connectivity index (χ1v) is 7.18. The fraction of sp³-hybridized carbons (Fsp3) is 0.231. The Labute approximate surface area is 114 Å². The van der Waals surface area contributed by atoms with Crippen LogP contribution in [0, 0.1) is 6.92 Å². The molecule has 0 fully saturated rings. The van der Waals surface area contributed by atoms with Crippen LogP contribution in [0.2, 0.25) is 0 Å². The molecule has 1 unspecified atom stereocenters. The van der Waals surface area contributed by atoms with E-state index in [1.807, 2.05) is 0 Å². The number of halogens is 1. The van der Waals surface area contributed by atoms with Gasteiger partial charge in [-0.2, -0.15) is 11.3 Å². The maximum Gasteiger partial charge on any atom is 0.0511 e. The van der Waals surface area contributed by atoms with E-state index in [9.17, 15) is 0 Å². The highest BCUT2D eigenvalue weighted by atomic mass is 79.9. The van der Waals surface area contributed by atoms with Crippen LogP contribution in [0.15, 0.2) is 39.5 Å². The summed E-state index contributed by atoms with van der Waals surface area (Å²) in [5.74, 6) is 5.67. The summed E-state index contributed by atoms with van der Waals surface area (Å²) < 4.78 is 1.14. The number of nitrogens with two attached hydrogens (primary N) is 1. The number of hydrogen-bond acceptors (Lipinski definition) is 3. The smallest absolute Gasteiger partial charge is 0.0511 e. The van der Waals surface area contributed by atoms with Crippen molar-refractivity contribution in [2.45, 2.75) is 19.4 Å². The quantitative estimate of drug-likeness (QED) is 0.669. The SMILES string of the molecule is Cc1cccc(C(Cc2ccsc2)NN)c1Br. The zero-order valence-corrected chi connectivity index (χ0v) is 12.0. The van der Waals surface area contributed by atoms with Gasteiger partial charge in [0, 0.05) is 4.47 Å². The molecule has 1 heterocycles. The third-order valence-electron chi connectivity index (χ3n) is 2.82. The summed E-state index contributed by atoms with van der Waals surface area (Å²) >= 11 is 5.35. The number of hydrazine groups is 1. The van der Waals surface area contributed by atoms with Crippen molar-refractivity contribution in [1.82, 2.24) is 5.43 Å². The summed E-state index contributed by atoms with van der Waals surface area (Å²) in [6.07, 6.45) is 0.905. The lowest BCUT2D eigenvalue weighted by Gasteiger charge is -2.18. The summed E-state index contributed by atoms with van der Waals surface area (Å²) in [4.78, 5) is 0. The molecule has 0 bridgehead atoms. The molecule has 0 saturated heterocycles. The molecule has 0 saturated carbocycles.